The van der Waals surface area contributed by atoms with Gasteiger partial charge < -0.3 is 13.9 Å². The smallest absolute Gasteiger partial charge is 0.143 e. The molecule has 60 heavy (non-hydrogen) atoms. The van der Waals surface area contributed by atoms with Gasteiger partial charge in [0.15, 0.2) is 0 Å². The summed E-state index contributed by atoms with van der Waals surface area (Å²) >= 11 is 0. The van der Waals surface area contributed by atoms with Crippen LogP contribution < -0.4 is 4.90 Å². The second-order valence-corrected chi connectivity index (χ2v) is 15.9. The van der Waals surface area contributed by atoms with Gasteiger partial charge >= 0.3 is 0 Å². The zero-order valence-electron chi connectivity index (χ0n) is 33.9. The van der Waals surface area contributed by atoms with Crippen molar-refractivity contribution in [1.82, 2.24) is 4.57 Å². The maximum Gasteiger partial charge on any atom is 0.143 e. The number of hydrogen-bond donors (Lipinski definition) is 0. The molecular formula is C57H42N2O. The molecule has 0 fully saturated rings. The second kappa shape index (κ2) is 14.3. The Bertz CT molecular complexity index is 3320. The largest absolute Gasteiger partial charge is 0.455 e. The highest BCUT2D eigenvalue weighted by Crippen LogP contribution is 2.47. The summed E-state index contributed by atoms with van der Waals surface area (Å²) in [4.78, 5) is 2.47. The minimum atomic E-state index is 0.877. The molecule has 3 heteroatoms. The first-order chi connectivity index (χ1) is 29.5. The molecule has 2 aromatic heterocycles. The van der Waals surface area contributed by atoms with Crippen LogP contribution in [0.1, 0.15) is 16.7 Å². The number of benzene rings is 9. The van der Waals surface area contributed by atoms with Gasteiger partial charge in [0.25, 0.3) is 0 Å². The third-order valence-corrected chi connectivity index (χ3v) is 12.1. The van der Waals surface area contributed by atoms with E-state index in [0.29, 0.717) is 0 Å². The fraction of sp³-hybridized carbons (Fsp3) is 0.0526. The Morgan fingerprint density at radius 2 is 0.933 bits per heavy atom. The fourth-order valence-electron chi connectivity index (χ4n) is 9.36. The number of hydrogen-bond acceptors (Lipinski definition) is 2. The summed E-state index contributed by atoms with van der Waals surface area (Å²) in [6, 6.07) is 72.2. The number of para-hydroxylation sites is 3. The maximum absolute atomic E-state index is 6.78. The van der Waals surface area contributed by atoms with E-state index < -0.39 is 0 Å². The summed E-state index contributed by atoms with van der Waals surface area (Å²) < 4.78 is 9.15. The van der Waals surface area contributed by atoms with E-state index in [1.54, 1.807) is 0 Å². The molecule has 0 amide bonds. The van der Waals surface area contributed by atoms with E-state index in [-0.39, 0.29) is 0 Å². The number of aromatic nitrogens is 1. The number of aryl methyl sites for hydroxylation is 3. The van der Waals surface area contributed by atoms with Gasteiger partial charge in [0.1, 0.15) is 11.2 Å². The Kier molecular flexibility index (Phi) is 8.49. The van der Waals surface area contributed by atoms with Crippen LogP contribution in [0.2, 0.25) is 0 Å². The average molecular weight is 771 g/mol. The van der Waals surface area contributed by atoms with Crippen molar-refractivity contribution in [1.29, 1.82) is 0 Å². The Labute approximate surface area is 350 Å². The predicted octanol–water partition coefficient (Wildman–Crippen LogP) is 16.1. The van der Waals surface area contributed by atoms with E-state index in [9.17, 15) is 0 Å². The van der Waals surface area contributed by atoms with E-state index in [2.05, 4.69) is 230 Å². The first-order valence-electron chi connectivity index (χ1n) is 20.7. The molecule has 2 heterocycles. The van der Waals surface area contributed by atoms with Gasteiger partial charge in [-0.1, -0.05) is 133 Å². The molecule has 11 rings (SSSR count). The van der Waals surface area contributed by atoms with E-state index >= 15 is 0 Å². The molecular weight excluding hydrogens is 729 g/mol. The second-order valence-electron chi connectivity index (χ2n) is 15.9. The first-order valence-corrected chi connectivity index (χ1v) is 20.7. The average Bonchev–Trinajstić information content (AvgIpc) is 3.84. The summed E-state index contributed by atoms with van der Waals surface area (Å²) in [5.74, 6) is 0. The SMILES string of the molecule is Cc1cc(-c2ccccc2)ccc1N(c1cc(-c2ccc(-n3c4ccccc4c4ccccc43)cc2)c2oc3ccccc3c2c1)c1c(C)cc(-c2ccccc2)cc1C. The van der Waals surface area contributed by atoms with Crippen molar-refractivity contribution >= 4 is 60.8 Å². The van der Waals surface area contributed by atoms with E-state index in [0.717, 1.165) is 50.1 Å². The molecule has 0 saturated heterocycles. The van der Waals surface area contributed by atoms with Crippen LogP contribution in [0.4, 0.5) is 17.1 Å². The third kappa shape index (κ3) is 5.89. The molecule has 0 N–H and O–H groups in total. The van der Waals surface area contributed by atoms with Crippen LogP contribution in [0.3, 0.4) is 0 Å². The van der Waals surface area contributed by atoms with Crippen molar-refractivity contribution in [2.24, 2.45) is 0 Å². The van der Waals surface area contributed by atoms with E-state index in [1.807, 2.05) is 0 Å². The van der Waals surface area contributed by atoms with Crippen molar-refractivity contribution in [3.8, 4) is 39.1 Å². The lowest BCUT2D eigenvalue weighted by molar-refractivity contribution is 0.670. The monoisotopic (exact) mass is 770 g/mol. The predicted molar refractivity (Wildman–Crippen MR) is 253 cm³/mol. The summed E-state index contributed by atoms with van der Waals surface area (Å²) in [5, 5.41) is 4.69. The van der Waals surface area contributed by atoms with Crippen LogP contribution in [-0.4, -0.2) is 4.57 Å². The van der Waals surface area contributed by atoms with Gasteiger partial charge in [0.05, 0.1) is 16.7 Å². The molecule has 9 aromatic carbocycles. The molecule has 0 unspecified atom stereocenters. The van der Waals surface area contributed by atoms with Gasteiger partial charge in [-0.3, -0.25) is 0 Å². The quantitative estimate of drug-likeness (QED) is 0.161. The number of nitrogens with zero attached hydrogens (tertiary/aromatic N) is 2. The number of anilines is 3. The van der Waals surface area contributed by atoms with Gasteiger partial charge in [-0.05, 0) is 132 Å². The molecule has 0 aliphatic heterocycles. The number of furan rings is 1. The molecule has 0 aliphatic carbocycles. The first kappa shape index (κ1) is 35.5. The van der Waals surface area contributed by atoms with Crippen LogP contribution in [0.5, 0.6) is 0 Å². The zero-order chi connectivity index (χ0) is 40.3. The van der Waals surface area contributed by atoms with Crippen LogP contribution in [0, 0.1) is 20.8 Å². The Morgan fingerprint density at radius 1 is 0.400 bits per heavy atom. The summed E-state index contributed by atoms with van der Waals surface area (Å²) in [5.41, 5.74) is 19.2. The molecule has 0 spiro atoms. The summed E-state index contributed by atoms with van der Waals surface area (Å²) in [6.45, 7) is 6.73. The van der Waals surface area contributed by atoms with E-state index in [1.165, 1.54) is 66.4 Å². The van der Waals surface area contributed by atoms with Crippen molar-refractivity contribution in [2.45, 2.75) is 20.8 Å². The Hall–Kier alpha value is -7.62. The normalized spacial score (nSPS) is 11.6. The fourth-order valence-corrected chi connectivity index (χ4v) is 9.36. The molecule has 0 radical (unpaired) electrons. The lowest BCUT2D eigenvalue weighted by Gasteiger charge is -2.31. The van der Waals surface area contributed by atoms with Crippen LogP contribution in [0.15, 0.2) is 205 Å². The number of fused-ring (bicyclic) bond motifs is 6. The van der Waals surface area contributed by atoms with Gasteiger partial charge in [-0.15, -0.1) is 0 Å². The lowest BCUT2D eigenvalue weighted by atomic mass is 9.95. The van der Waals surface area contributed by atoms with Crippen molar-refractivity contribution in [2.75, 3.05) is 4.90 Å². The molecule has 11 aromatic rings. The van der Waals surface area contributed by atoms with Crippen LogP contribution in [-0.2, 0) is 0 Å². The standard InChI is InChI=1S/C57H42N2O/c1-37-32-43(40-16-6-4-7-17-40)28-31-52(37)59(56-38(2)33-44(34-39(56)3)41-18-8-5-9-19-41)46-35-50(57-51(36-46)49-22-12-15-25-55(49)60-57)42-26-29-45(30-27-42)58-53-23-13-10-20-47(53)48-21-11-14-24-54(48)58/h4-36H,1-3H3. The molecule has 286 valence electrons. The molecule has 0 saturated carbocycles. The van der Waals surface area contributed by atoms with Crippen molar-refractivity contribution in [3.05, 3.63) is 217 Å². The topological polar surface area (TPSA) is 21.3 Å². The van der Waals surface area contributed by atoms with Gasteiger partial charge in [-0.2, -0.15) is 0 Å². The lowest BCUT2D eigenvalue weighted by Crippen LogP contribution is -2.14. The minimum Gasteiger partial charge on any atom is -0.455 e. The van der Waals surface area contributed by atoms with E-state index in [4.69, 9.17) is 4.42 Å². The third-order valence-electron chi connectivity index (χ3n) is 12.1. The van der Waals surface area contributed by atoms with Gasteiger partial charge in [0, 0.05) is 44.2 Å². The summed E-state index contributed by atoms with van der Waals surface area (Å²) in [6.07, 6.45) is 0. The summed E-state index contributed by atoms with van der Waals surface area (Å²) in [7, 11) is 0. The van der Waals surface area contributed by atoms with Gasteiger partial charge in [-0.25, -0.2) is 0 Å². The number of rotatable bonds is 7. The molecule has 0 bridgehead atoms. The van der Waals surface area contributed by atoms with Crippen LogP contribution in [0.25, 0.3) is 82.8 Å². The highest BCUT2D eigenvalue weighted by atomic mass is 16.3. The highest BCUT2D eigenvalue weighted by molar-refractivity contribution is 6.12. The molecule has 0 atom stereocenters. The molecule has 0 aliphatic rings. The van der Waals surface area contributed by atoms with Crippen molar-refractivity contribution < 1.29 is 4.42 Å². The van der Waals surface area contributed by atoms with Crippen molar-refractivity contribution in [3.63, 3.8) is 0 Å². The maximum atomic E-state index is 6.78. The Morgan fingerprint density at radius 3 is 1.57 bits per heavy atom. The zero-order valence-corrected chi connectivity index (χ0v) is 33.9. The Balaban J connectivity index is 1.13. The van der Waals surface area contributed by atoms with Crippen LogP contribution >= 0.6 is 0 Å². The minimum absolute atomic E-state index is 0.877. The molecule has 3 nitrogen and oxygen atoms in total. The highest BCUT2D eigenvalue weighted by Gasteiger charge is 2.24. The van der Waals surface area contributed by atoms with Gasteiger partial charge in [0.2, 0.25) is 0 Å².